The maximum absolute atomic E-state index is 12.5. The van der Waals surface area contributed by atoms with E-state index in [0.29, 0.717) is 5.56 Å². The molecular weight excluding hydrogens is 254 g/mol. The Balaban J connectivity index is 1.74. The third kappa shape index (κ3) is 2.96. The summed E-state index contributed by atoms with van der Waals surface area (Å²) in [6.07, 6.45) is 4.17. The lowest BCUT2D eigenvalue weighted by atomic mass is 10.1. The fraction of sp³-hybridized carbons (Fsp3) is 0.562. The summed E-state index contributed by atoms with van der Waals surface area (Å²) >= 11 is 0. The van der Waals surface area contributed by atoms with Crippen LogP contribution in [0.25, 0.3) is 0 Å². The normalized spacial score (nSPS) is 20.1. The Morgan fingerprint density at radius 3 is 2.60 bits per heavy atom. The zero-order valence-corrected chi connectivity index (χ0v) is 11.7. The van der Waals surface area contributed by atoms with Crippen molar-refractivity contribution in [3.05, 3.63) is 29.8 Å². The van der Waals surface area contributed by atoms with E-state index >= 15 is 0 Å². The average Bonchev–Trinajstić information content (AvgIpc) is 3.02. The minimum absolute atomic E-state index is 0.102. The molecule has 0 atom stereocenters. The highest BCUT2D eigenvalue weighted by Crippen LogP contribution is 2.25. The Morgan fingerprint density at radius 2 is 1.85 bits per heavy atom. The lowest BCUT2D eigenvalue weighted by Crippen LogP contribution is -2.30. The zero-order valence-electron chi connectivity index (χ0n) is 11.7. The molecule has 3 rings (SSSR count). The van der Waals surface area contributed by atoms with E-state index in [0.717, 1.165) is 57.7 Å². The molecule has 2 heterocycles. The first kappa shape index (κ1) is 13.4. The molecule has 2 saturated heterocycles. The predicted molar refractivity (Wildman–Crippen MR) is 76.0 cm³/mol. The van der Waals surface area contributed by atoms with Crippen LogP contribution in [0, 0.1) is 0 Å². The van der Waals surface area contributed by atoms with E-state index in [2.05, 4.69) is 0 Å². The van der Waals surface area contributed by atoms with Crippen molar-refractivity contribution in [3.8, 4) is 5.75 Å². The number of likely N-dealkylation sites (tertiary alicyclic amines) is 1. The minimum atomic E-state index is 0.102. The summed E-state index contributed by atoms with van der Waals surface area (Å²) in [5.74, 6) is 0.821. The molecule has 0 bridgehead atoms. The van der Waals surface area contributed by atoms with Gasteiger partial charge >= 0.3 is 0 Å². The van der Waals surface area contributed by atoms with Gasteiger partial charge in [0.15, 0.2) is 0 Å². The van der Waals surface area contributed by atoms with Crippen LogP contribution in [0.5, 0.6) is 5.75 Å². The van der Waals surface area contributed by atoms with E-state index in [-0.39, 0.29) is 12.0 Å². The lowest BCUT2D eigenvalue weighted by molar-refractivity contribution is 0.0250. The van der Waals surface area contributed by atoms with Crippen molar-refractivity contribution in [1.82, 2.24) is 4.90 Å². The van der Waals surface area contributed by atoms with Crippen molar-refractivity contribution in [2.45, 2.75) is 31.8 Å². The second-order valence-electron chi connectivity index (χ2n) is 5.43. The molecule has 0 aromatic heterocycles. The molecule has 1 aromatic carbocycles. The third-order valence-electron chi connectivity index (χ3n) is 3.97. The van der Waals surface area contributed by atoms with Gasteiger partial charge in [0.2, 0.25) is 0 Å². The van der Waals surface area contributed by atoms with Crippen molar-refractivity contribution < 1.29 is 14.3 Å². The van der Waals surface area contributed by atoms with E-state index in [9.17, 15) is 4.79 Å². The van der Waals surface area contributed by atoms with Crippen LogP contribution >= 0.6 is 0 Å². The van der Waals surface area contributed by atoms with Crippen LogP contribution < -0.4 is 4.74 Å². The molecule has 0 saturated carbocycles. The summed E-state index contributed by atoms with van der Waals surface area (Å²) in [6.45, 7) is 3.22. The van der Waals surface area contributed by atoms with Crippen molar-refractivity contribution in [2.24, 2.45) is 0 Å². The smallest absolute Gasteiger partial charge is 0.257 e. The average molecular weight is 275 g/mol. The molecule has 4 nitrogen and oxygen atoms in total. The molecular formula is C16H21NO3. The molecule has 108 valence electrons. The molecule has 2 aliphatic rings. The molecule has 0 aliphatic carbocycles. The number of para-hydroxylation sites is 1. The highest BCUT2D eigenvalue weighted by Gasteiger charge is 2.24. The number of hydrogen-bond acceptors (Lipinski definition) is 3. The highest BCUT2D eigenvalue weighted by molar-refractivity contribution is 5.97. The second-order valence-corrected chi connectivity index (χ2v) is 5.43. The number of rotatable bonds is 3. The number of hydrogen-bond donors (Lipinski definition) is 0. The van der Waals surface area contributed by atoms with Gasteiger partial charge in [0, 0.05) is 25.9 Å². The van der Waals surface area contributed by atoms with Gasteiger partial charge in [0.25, 0.3) is 5.91 Å². The summed E-state index contributed by atoms with van der Waals surface area (Å²) < 4.78 is 11.4. The number of ether oxygens (including phenoxy) is 2. The van der Waals surface area contributed by atoms with Crippen LogP contribution in [0.3, 0.4) is 0 Å². The van der Waals surface area contributed by atoms with E-state index < -0.39 is 0 Å². The topological polar surface area (TPSA) is 38.8 Å². The van der Waals surface area contributed by atoms with Crippen LogP contribution in [0.15, 0.2) is 24.3 Å². The molecule has 2 aliphatic heterocycles. The van der Waals surface area contributed by atoms with Gasteiger partial charge in [-0.2, -0.15) is 0 Å². The number of benzene rings is 1. The Hall–Kier alpha value is -1.55. The monoisotopic (exact) mass is 275 g/mol. The second kappa shape index (κ2) is 6.27. The van der Waals surface area contributed by atoms with E-state index in [4.69, 9.17) is 9.47 Å². The first-order valence-corrected chi connectivity index (χ1v) is 7.47. The first-order valence-electron chi connectivity index (χ1n) is 7.47. The van der Waals surface area contributed by atoms with Gasteiger partial charge in [-0.05, 0) is 25.0 Å². The van der Waals surface area contributed by atoms with Crippen LogP contribution in [0.1, 0.15) is 36.0 Å². The van der Waals surface area contributed by atoms with Gasteiger partial charge in [0.1, 0.15) is 11.9 Å². The standard InChI is InChI=1S/C16H21NO3/c18-16(17-9-3-4-10-17)14-5-1-2-6-15(14)20-13-7-11-19-12-8-13/h1-2,5-6,13H,3-4,7-12H2. The molecule has 0 spiro atoms. The molecule has 2 fully saturated rings. The Kier molecular flexibility index (Phi) is 4.21. The summed E-state index contributed by atoms with van der Waals surface area (Å²) in [7, 11) is 0. The van der Waals surface area contributed by atoms with Gasteiger partial charge in [-0.1, -0.05) is 12.1 Å². The fourth-order valence-corrected chi connectivity index (χ4v) is 2.81. The SMILES string of the molecule is O=C(c1ccccc1OC1CCOCC1)N1CCCC1. The molecule has 0 radical (unpaired) electrons. The molecule has 1 amide bonds. The maximum atomic E-state index is 12.5. The number of carbonyl (C=O) groups is 1. The third-order valence-corrected chi connectivity index (χ3v) is 3.97. The Morgan fingerprint density at radius 1 is 1.15 bits per heavy atom. The van der Waals surface area contributed by atoms with E-state index in [1.165, 1.54) is 0 Å². The Bertz CT molecular complexity index is 463. The molecule has 0 unspecified atom stereocenters. The van der Waals surface area contributed by atoms with E-state index in [1.807, 2.05) is 29.2 Å². The number of amides is 1. The van der Waals surface area contributed by atoms with E-state index in [1.54, 1.807) is 0 Å². The van der Waals surface area contributed by atoms with Crippen molar-refractivity contribution in [2.75, 3.05) is 26.3 Å². The van der Waals surface area contributed by atoms with Gasteiger partial charge < -0.3 is 14.4 Å². The van der Waals surface area contributed by atoms with Crippen molar-refractivity contribution in [3.63, 3.8) is 0 Å². The molecule has 4 heteroatoms. The summed E-state index contributed by atoms with van der Waals surface area (Å²) in [5, 5.41) is 0. The number of nitrogens with zero attached hydrogens (tertiary/aromatic N) is 1. The van der Waals surface area contributed by atoms with Crippen LogP contribution in [-0.4, -0.2) is 43.2 Å². The lowest BCUT2D eigenvalue weighted by Gasteiger charge is -2.25. The van der Waals surface area contributed by atoms with Gasteiger partial charge in [-0.3, -0.25) is 4.79 Å². The summed E-state index contributed by atoms with van der Waals surface area (Å²) in [4.78, 5) is 14.5. The summed E-state index contributed by atoms with van der Waals surface area (Å²) in [5.41, 5.74) is 0.695. The van der Waals surface area contributed by atoms with Crippen molar-refractivity contribution >= 4 is 5.91 Å². The number of carbonyl (C=O) groups excluding carboxylic acids is 1. The maximum Gasteiger partial charge on any atom is 0.257 e. The quantitative estimate of drug-likeness (QED) is 0.850. The molecule has 1 aromatic rings. The van der Waals surface area contributed by atoms with Crippen LogP contribution in [0.2, 0.25) is 0 Å². The minimum Gasteiger partial charge on any atom is -0.489 e. The Labute approximate surface area is 119 Å². The fourth-order valence-electron chi connectivity index (χ4n) is 2.81. The highest BCUT2D eigenvalue weighted by atomic mass is 16.5. The molecule has 20 heavy (non-hydrogen) atoms. The summed E-state index contributed by atoms with van der Waals surface area (Å²) in [6, 6.07) is 7.60. The van der Waals surface area contributed by atoms with Crippen LogP contribution in [0.4, 0.5) is 0 Å². The predicted octanol–water partition coefficient (Wildman–Crippen LogP) is 2.48. The first-order chi connectivity index (χ1) is 9.84. The van der Waals surface area contributed by atoms with Gasteiger partial charge in [0.05, 0.1) is 18.8 Å². The zero-order chi connectivity index (χ0) is 13.8. The van der Waals surface area contributed by atoms with Gasteiger partial charge in [-0.25, -0.2) is 0 Å². The molecule has 0 N–H and O–H groups in total. The van der Waals surface area contributed by atoms with Gasteiger partial charge in [-0.15, -0.1) is 0 Å². The van der Waals surface area contributed by atoms with Crippen LogP contribution in [-0.2, 0) is 4.74 Å². The van der Waals surface area contributed by atoms with Crippen molar-refractivity contribution in [1.29, 1.82) is 0 Å². The largest absolute Gasteiger partial charge is 0.489 e.